The second kappa shape index (κ2) is 8.07. The molecule has 7 rings (SSSR count). The summed E-state index contributed by atoms with van der Waals surface area (Å²) in [5.74, 6) is 1.32. The van der Waals surface area contributed by atoms with E-state index in [2.05, 4.69) is 0 Å². The molecular weight excluding hydrogens is 478 g/mol. The van der Waals surface area contributed by atoms with Crippen molar-refractivity contribution in [1.29, 1.82) is 0 Å². The van der Waals surface area contributed by atoms with Crippen molar-refractivity contribution < 1.29 is 9.47 Å². The van der Waals surface area contributed by atoms with Crippen LogP contribution >= 0.6 is 11.6 Å². The lowest BCUT2D eigenvalue weighted by molar-refractivity contribution is 0.171. The maximum absolute atomic E-state index is 13.8. The molecule has 0 unspecified atom stereocenters. The monoisotopic (exact) mass is 495 g/mol. The molecule has 176 valence electrons. The van der Waals surface area contributed by atoms with E-state index in [4.69, 9.17) is 36.0 Å². The lowest BCUT2D eigenvalue weighted by Crippen LogP contribution is -2.21. The molecule has 6 aromatic rings. The summed E-state index contributed by atoms with van der Waals surface area (Å²) >= 11 is 6.03. The van der Waals surface area contributed by atoms with Gasteiger partial charge in [0.05, 0.1) is 23.3 Å². The van der Waals surface area contributed by atoms with Crippen LogP contribution < -0.4 is 15.0 Å². The second-order valence-electron chi connectivity index (χ2n) is 8.55. The van der Waals surface area contributed by atoms with Crippen molar-refractivity contribution >= 4 is 44.8 Å². The number of hydrogen-bond acceptors (Lipinski definition) is 6. The minimum atomic E-state index is -0.194. The number of halogens is 1. The Morgan fingerprint density at radius 3 is 2.42 bits per heavy atom. The molecule has 9 heteroatoms. The van der Waals surface area contributed by atoms with Crippen molar-refractivity contribution in [3.8, 4) is 17.2 Å². The van der Waals surface area contributed by atoms with Gasteiger partial charge in [-0.3, -0.25) is 13.9 Å². The number of hydrogen-bond donors (Lipinski definition) is 0. The summed E-state index contributed by atoms with van der Waals surface area (Å²) < 4.78 is 14.9. The summed E-state index contributed by atoms with van der Waals surface area (Å²) in [5.41, 5.74) is 4.47. The Bertz CT molecular complexity index is 1860. The maximum Gasteiger partial charge on any atom is 0.265 e. The van der Waals surface area contributed by atoms with Crippen molar-refractivity contribution in [2.24, 2.45) is 0 Å². The Morgan fingerprint density at radius 1 is 0.861 bits per heavy atom. The molecule has 0 bridgehead atoms. The van der Waals surface area contributed by atoms with Gasteiger partial charge >= 0.3 is 0 Å². The topological polar surface area (TPSA) is 84.1 Å². The predicted molar refractivity (Wildman–Crippen MR) is 137 cm³/mol. The summed E-state index contributed by atoms with van der Waals surface area (Å²) in [5, 5.41) is 1.05. The van der Waals surface area contributed by atoms with Gasteiger partial charge in [-0.05, 0) is 42.0 Å². The number of nitrogens with zero attached hydrogens (tertiary/aromatic N) is 5. The molecule has 0 atom stereocenters. The van der Waals surface area contributed by atoms with Crippen molar-refractivity contribution in [2.45, 2.75) is 6.54 Å². The van der Waals surface area contributed by atoms with Crippen molar-refractivity contribution in [2.75, 3.05) is 13.2 Å². The first-order valence-electron chi connectivity index (χ1n) is 11.5. The summed E-state index contributed by atoms with van der Waals surface area (Å²) in [7, 11) is 0. The largest absolute Gasteiger partial charge is 0.486 e. The molecule has 0 saturated heterocycles. The van der Waals surface area contributed by atoms with Gasteiger partial charge in [0.25, 0.3) is 5.56 Å². The Kier molecular flexibility index (Phi) is 4.68. The highest BCUT2D eigenvalue weighted by Gasteiger charge is 2.22. The quantitative estimate of drug-likeness (QED) is 0.352. The fourth-order valence-corrected chi connectivity index (χ4v) is 4.71. The Morgan fingerprint density at radius 2 is 1.61 bits per heavy atom. The summed E-state index contributed by atoms with van der Waals surface area (Å²) in [6.07, 6.45) is 1.56. The van der Waals surface area contributed by atoms with Crippen LogP contribution in [0.1, 0.15) is 5.56 Å². The van der Waals surface area contributed by atoms with E-state index in [-0.39, 0.29) is 5.56 Å². The van der Waals surface area contributed by atoms with Crippen LogP contribution in [-0.2, 0) is 6.54 Å². The molecule has 0 spiro atoms. The minimum absolute atomic E-state index is 0.194. The van der Waals surface area contributed by atoms with E-state index in [0.717, 1.165) is 16.8 Å². The molecule has 1 aliphatic rings. The Labute approximate surface area is 209 Å². The molecule has 0 amide bonds. The third-order valence-corrected chi connectivity index (χ3v) is 6.53. The first kappa shape index (κ1) is 20.9. The lowest BCUT2D eigenvalue weighted by atomic mass is 10.2. The highest BCUT2D eigenvalue weighted by molar-refractivity contribution is 6.30. The summed E-state index contributed by atoms with van der Waals surface area (Å²) in [6, 6.07) is 20.6. The van der Waals surface area contributed by atoms with Crippen LogP contribution in [0.3, 0.4) is 0 Å². The van der Waals surface area contributed by atoms with Crippen LogP contribution in [0, 0.1) is 0 Å². The van der Waals surface area contributed by atoms with Gasteiger partial charge in [0.2, 0.25) is 0 Å². The Hall–Kier alpha value is -4.43. The van der Waals surface area contributed by atoms with E-state index < -0.39 is 0 Å². The molecule has 1 aliphatic heterocycles. The van der Waals surface area contributed by atoms with Crippen LogP contribution in [0.25, 0.3) is 38.9 Å². The number of para-hydroxylation sites is 2. The molecule has 36 heavy (non-hydrogen) atoms. The minimum Gasteiger partial charge on any atom is -0.486 e. The van der Waals surface area contributed by atoms with Gasteiger partial charge in [-0.25, -0.2) is 15.0 Å². The second-order valence-corrected chi connectivity index (χ2v) is 8.99. The van der Waals surface area contributed by atoms with Crippen LogP contribution in [0.2, 0.25) is 5.02 Å². The smallest absolute Gasteiger partial charge is 0.265 e. The predicted octanol–water partition coefficient (Wildman–Crippen LogP) is 4.76. The molecular formula is C27H18ClN5O3. The zero-order valence-electron chi connectivity index (χ0n) is 18.9. The van der Waals surface area contributed by atoms with Gasteiger partial charge in [0.1, 0.15) is 30.4 Å². The number of benzene rings is 3. The van der Waals surface area contributed by atoms with Crippen LogP contribution in [0.15, 0.2) is 77.9 Å². The summed E-state index contributed by atoms with van der Waals surface area (Å²) in [4.78, 5) is 28.3. The van der Waals surface area contributed by atoms with Crippen molar-refractivity contribution in [3.63, 3.8) is 0 Å². The first-order valence-corrected chi connectivity index (χ1v) is 11.8. The zero-order valence-corrected chi connectivity index (χ0v) is 19.6. The molecule has 0 N–H and O–H groups in total. The fraction of sp³-hybridized carbons (Fsp3) is 0.111. The highest BCUT2D eigenvalue weighted by atomic mass is 35.5. The van der Waals surface area contributed by atoms with Gasteiger partial charge in [-0.2, -0.15) is 0 Å². The van der Waals surface area contributed by atoms with E-state index in [9.17, 15) is 4.79 Å². The van der Waals surface area contributed by atoms with E-state index in [1.807, 2.05) is 59.2 Å². The van der Waals surface area contributed by atoms with Crippen molar-refractivity contribution in [3.05, 3.63) is 94.0 Å². The van der Waals surface area contributed by atoms with Crippen LogP contribution in [-0.4, -0.2) is 37.3 Å². The van der Waals surface area contributed by atoms with Gasteiger partial charge in [-0.1, -0.05) is 35.9 Å². The molecule has 0 saturated carbocycles. The molecule has 3 aromatic heterocycles. The molecule has 0 radical (unpaired) electrons. The van der Waals surface area contributed by atoms with E-state index in [0.29, 0.717) is 64.0 Å². The number of fused-ring (bicyclic) bond motifs is 5. The average molecular weight is 496 g/mol. The number of rotatable bonds is 3. The normalized spacial score (nSPS) is 13.0. The Balaban J connectivity index is 1.51. The average Bonchev–Trinajstić information content (AvgIpc) is 3.23. The van der Waals surface area contributed by atoms with Gasteiger partial charge < -0.3 is 9.47 Å². The first-order chi connectivity index (χ1) is 17.7. The van der Waals surface area contributed by atoms with Crippen molar-refractivity contribution in [1.82, 2.24) is 24.1 Å². The maximum atomic E-state index is 13.8. The SMILES string of the molecule is O=c1c2c3nc4ccccc4nc3n(-c3ccc4c(c3)OCCO4)c2ncn1Cc1ccc(Cl)cc1. The third-order valence-electron chi connectivity index (χ3n) is 6.28. The van der Waals surface area contributed by atoms with Crippen LogP contribution in [0.4, 0.5) is 0 Å². The van der Waals surface area contributed by atoms with Gasteiger partial charge in [-0.15, -0.1) is 0 Å². The molecule has 3 aromatic carbocycles. The third kappa shape index (κ3) is 3.30. The molecule has 4 heterocycles. The van der Waals surface area contributed by atoms with Gasteiger partial charge in [0.15, 0.2) is 22.8 Å². The standard InChI is InChI=1S/C27H18ClN5O3/c28-17-7-5-16(6-8-17)14-32-15-29-25-23(27(32)34)24-26(31-20-4-2-1-3-19(20)30-24)33(25)18-9-10-21-22(13-18)36-12-11-35-21/h1-10,13,15H,11-12,14H2. The van der Waals surface area contributed by atoms with E-state index >= 15 is 0 Å². The summed E-state index contributed by atoms with van der Waals surface area (Å²) in [6.45, 7) is 1.34. The van der Waals surface area contributed by atoms with Crippen LogP contribution in [0.5, 0.6) is 11.5 Å². The fourth-order valence-electron chi connectivity index (χ4n) is 4.59. The van der Waals surface area contributed by atoms with E-state index in [1.54, 1.807) is 23.0 Å². The lowest BCUT2D eigenvalue weighted by Gasteiger charge is -2.19. The number of aromatic nitrogens is 5. The zero-order chi connectivity index (χ0) is 24.2. The molecule has 8 nitrogen and oxygen atoms in total. The van der Waals surface area contributed by atoms with E-state index in [1.165, 1.54) is 0 Å². The molecule has 0 aliphatic carbocycles. The number of ether oxygens (including phenoxy) is 2. The highest BCUT2D eigenvalue weighted by Crippen LogP contribution is 2.35. The van der Waals surface area contributed by atoms with Gasteiger partial charge in [0, 0.05) is 11.1 Å². The molecule has 0 fully saturated rings.